The van der Waals surface area contributed by atoms with E-state index in [4.69, 9.17) is 0 Å². The molecule has 3 aromatic rings. The Labute approximate surface area is 176 Å². The van der Waals surface area contributed by atoms with Crippen LogP contribution in [0.15, 0.2) is 48.7 Å². The van der Waals surface area contributed by atoms with Crippen molar-refractivity contribution >= 4 is 35.3 Å². The molecule has 6 heteroatoms. The fourth-order valence-electron chi connectivity index (χ4n) is 4.08. The summed E-state index contributed by atoms with van der Waals surface area (Å²) in [5.74, 6) is 0.202. The smallest absolute Gasteiger partial charge is 0.221 e. The van der Waals surface area contributed by atoms with Gasteiger partial charge in [-0.15, -0.1) is 12.4 Å². The lowest BCUT2D eigenvalue weighted by Crippen LogP contribution is -2.18. The van der Waals surface area contributed by atoms with E-state index >= 15 is 0 Å². The minimum Gasteiger partial charge on any atom is -0.326 e. The summed E-state index contributed by atoms with van der Waals surface area (Å²) in [4.78, 5) is 23.6. The fourth-order valence-corrected chi connectivity index (χ4v) is 4.08. The van der Waals surface area contributed by atoms with Crippen molar-refractivity contribution in [2.45, 2.75) is 39.2 Å². The number of hydrogen-bond donors (Lipinski definition) is 2. The molecule has 1 amide bonds. The molecule has 0 radical (unpaired) electrons. The minimum absolute atomic E-state index is 0. The number of halogens is 1. The number of nitrogens with zero attached hydrogens (tertiary/aromatic N) is 1. The Balaban J connectivity index is 0.00000240. The molecule has 0 saturated heterocycles. The van der Waals surface area contributed by atoms with Crippen molar-refractivity contribution < 1.29 is 9.59 Å². The number of amides is 1. The van der Waals surface area contributed by atoms with Crippen LogP contribution in [0.1, 0.15) is 46.9 Å². The maximum absolute atomic E-state index is 12.5. The quantitative estimate of drug-likeness (QED) is 0.598. The lowest BCUT2D eigenvalue weighted by Gasteiger charge is -2.13. The van der Waals surface area contributed by atoms with Gasteiger partial charge in [0.05, 0.1) is 5.69 Å². The first-order valence-electron chi connectivity index (χ1n) is 9.85. The molecule has 1 aliphatic carbocycles. The molecule has 0 bridgehead atoms. The van der Waals surface area contributed by atoms with Gasteiger partial charge in [0.15, 0.2) is 5.78 Å². The van der Waals surface area contributed by atoms with Crippen LogP contribution in [0, 0.1) is 0 Å². The second kappa shape index (κ2) is 9.25. The highest BCUT2D eigenvalue weighted by molar-refractivity contribution is 5.99. The first-order valence-corrected chi connectivity index (χ1v) is 9.85. The number of Topliss-reactive ketones (excluding diaryl/α,β-unsaturated/α-hetero) is 1. The third kappa shape index (κ3) is 4.52. The number of benzene rings is 1. The van der Waals surface area contributed by atoms with Crippen LogP contribution in [0.4, 0.5) is 5.69 Å². The van der Waals surface area contributed by atoms with Crippen molar-refractivity contribution in [2.75, 3.05) is 11.9 Å². The van der Waals surface area contributed by atoms with E-state index in [1.54, 1.807) is 0 Å². The third-order valence-corrected chi connectivity index (χ3v) is 5.31. The highest BCUT2D eigenvalue weighted by Crippen LogP contribution is 2.30. The summed E-state index contributed by atoms with van der Waals surface area (Å²) in [7, 11) is 0. The molecule has 29 heavy (non-hydrogen) atoms. The second-order valence-electron chi connectivity index (χ2n) is 7.34. The van der Waals surface area contributed by atoms with Gasteiger partial charge in [0.25, 0.3) is 0 Å². The van der Waals surface area contributed by atoms with Crippen molar-refractivity contribution in [2.24, 2.45) is 0 Å². The summed E-state index contributed by atoms with van der Waals surface area (Å²) in [6.45, 7) is 3.13. The number of fused-ring (bicyclic) bond motifs is 3. The number of carbonyl (C=O) groups excluding carboxylic acids is 2. The molecule has 0 fully saturated rings. The van der Waals surface area contributed by atoms with Gasteiger partial charge in [0.2, 0.25) is 5.91 Å². The molecule has 0 spiro atoms. The van der Waals surface area contributed by atoms with Crippen molar-refractivity contribution in [3.63, 3.8) is 0 Å². The summed E-state index contributed by atoms with van der Waals surface area (Å²) in [6.07, 6.45) is 5.50. The first-order chi connectivity index (χ1) is 13.6. The molecular weight excluding hydrogens is 386 g/mol. The van der Waals surface area contributed by atoms with Gasteiger partial charge in [0.1, 0.15) is 0 Å². The SMILES string of the molecule is CC(=O)Nc1ccc(CNCCc2c3c(n4ccccc24)C(=O)CCC3)cc1.Cl. The lowest BCUT2D eigenvalue weighted by atomic mass is 9.92. The van der Waals surface area contributed by atoms with Crippen LogP contribution in [0.5, 0.6) is 0 Å². The largest absolute Gasteiger partial charge is 0.326 e. The predicted octanol–water partition coefficient (Wildman–Crippen LogP) is 4.17. The van der Waals surface area contributed by atoms with Crippen molar-refractivity contribution in [1.29, 1.82) is 0 Å². The van der Waals surface area contributed by atoms with Crippen LogP contribution in [0.3, 0.4) is 0 Å². The van der Waals surface area contributed by atoms with E-state index in [0.717, 1.165) is 49.2 Å². The zero-order chi connectivity index (χ0) is 19.5. The van der Waals surface area contributed by atoms with Crippen LogP contribution in [0.25, 0.3) is 5.52 Å². The summed E-state index contributed by atoms with van der Waals surface area (Å²) in [6, 6.07) is 14.0. The van der Waals surface area contributed by atoms with Gasteiger partial charge < -0.3 is 15.0 Å². The van der Waals surface area contributed by atoms with Crippen LogP contribution in [-0.2, 0) is 24.2 Å². The number of nitrogens with one attached hydrogen (secondary N) is 2. The standard InChI is InChI=1S/C23H25N3O2.ClH/c1-16(27)25-18-10-8-17(9-11-18)15-24-13-12-19-20-5-4-7-22(28)23(20)26-14-3-2-6-21(19)26;/h2-3,6,8-11,14,24H,4-5,7,12-13,15H2,1H3,(H,25,27);1H. The molecule has 0 atom stereocenters. The van der Waals surface area contributed by atoms with E-state index in [9.17, 15) is 9.59 Å². The Kier molecular flexibility index (Phi) is 6.72. The number of ketones is 1. The van der Waals surface area contributed by atoms with E-state index in [2.05, 4.69) is 21.1 Å². The molecule has 0 unspecified atom stereocenters. The lowest BCUT2D eigenvalue weighted by molar-refractivity contribution is -0.114. The van der Waals surface area contributed by atoms with Gasteiger partial charge in [-0.3, -0.25) is 9.59 Å². The second-order valence-corrected chi connectivity index (χ2v) is 7.34. The Hall–Kier alpha value is -2.63. The maximum Gasteiger partial charge on any atom is 0.221 e. The Morgan fingerprint density at radius 1 is 1.10 bits per heavy atom. The number of aromatic nitrogens is 1. The molecule has 2 N–H and O–H groups in total. The van der Waals surface area contributed by atoms with Gasteiger partial charge in [-0.05, 0) is 66.8 Å². The number of carbonyl (C=O) groups is 2. The molecule has 1 aromatic carbocycles. The first kappa shape index (κ1) is 21.1. The molecule has 4 rings (SSSR count). The van der Waals surface area contributed by atoms with Gasteiger partial charge in [0, 0.05) is 37.3 Å². The summed E-state index contributed by atoms with van der Waals surface area (Å²) in [5.41, 5.74) is 6.58. The Morgan fingerprint density at radius 2 is 1.90 bits per heavy atom. The van der Waals surface area contributed by atoms with E-state index in [0.29, 0.717) is 6.42 Å². The van der Waals surface area contributed by atoms with Crippen molar-refractivity contribution in [3.05, 3.63) is 71.0 Å². The zero-order valence-electron chi connectivity index (χ0n) is 16.5. The molecule has 0 aliphatic heterocycles. The Morgan fingerprint density at radius 3 is 2.66 bits per heavy atom. The molecule has 0 saturated carbocycles. The highest BCUT2D eigenvalue weighted by atomic mass is 35.5. The maximum atomic E-state index is 12.5. The molecule has 152 valence electrons. The number of rotatable bonds is 6. The minimum atomic E-state index is -0.0625. The van der Waals surface area contributed by atoms with E-state index in [1.807, 2.05) is 42.6 Å². The molecule has 2 heterocycles. The van der Waals surface area contributed by atoms with E-state index in [1.165, 1.54) is 23.6 Å². The van der Waals surface area contributed by atoms with Crippen molar-refractivity contribution in [3.8, 4) is 0 Å². The van der Waals surface area contributed by atoms with Gasteiger partial charge >= 0.3 is 0 Å². The summed E-state index contributed by atoms with van der Waals surface area (Å²) < 4.78 is 2.08. The average molecular weight is 412 g/mol. The van der Waals surface area contributed by atoms with Crippen LogP contribution < -0.4 is 10.6 Å². The molecular formula is C23H26ClN3O2. The number of anilines is 1. The average Bonchev–Trinajstić information content (AvgIpc) is 3.01. The zero-order valence-corrected chi connectivity index (χ0v) is 17.3. The Bertz CT molecular complexity index is 1020. The monoisotopic (exact) mass is 411 g/mol. The van der Waals surface area contributed by atoms with E-state index in [-0.39, 0.29) is 24.1 Å². The highest BCUT2D eigenvalue weighted by Gasteiger charge is 2.25. The third-order valence-electron chi connectivity index (χ3n) is 5.31. The topological polar surface area (TPSA) is 62.6 Å². The van der Waals surface area contributed by atoms with Gasteiger partial charge in [-0.2, -0.15) is 0 Å². The van der Waals surface area contributed by atoms with Gasteiger partial charge in [-0.25, -0.2) is 0 Å². The van der Waals surface area contributed by atoms with Gasteiger partial charge in [-0.1, -0.05) is 18.2 Å². The fraction of sp³-hybridized carbons (Fsp3) is 0.304. The molecule has 1 aliphatic rings. The number of hydrogen-bond acceptors (Lipinski definition) is 3. The summed E-state index contributed by atoms with van der Waals surface area (Å²) in [5, 5.41) is 6.28. The summed E-state index contributed by atoms with van der Waals surface area (Å²) >= 11 is 0. The van der Waals surface area contributed by atoms with Crippen molar-refractivity contribution in [1.82, 2.24) is 9.72 Å². The van der Waals surface area contributed by atoms with E-state index < -0.39 is 0 Å². The number of pyridine rings is 1. The molecule has 2 aromatic heterocycles. The molecule has 5 nitrogen and oxygen atoms in total. The van der Waals surface area contributed by atoms with Crippen LogP contribution >= 0.6 is 12.4 Å². The normalized spacial score (nSPS) is 13.1. The van der Waals surface area contributed by atoms with Crippen LogP contribution in [0.2, 0.25) is 0 Å². The predicted molar refractivity (Wildman–Crippen MR) is 118 cm³/mol. The van der Waals surface area contributed by atoms with Crippen LogP contribution in [-0.4, -0.2) is 22.6 Å².